The lowest BCUT2D eigenvalue weighted by molar-refractivity contribution is 0.209. The van der Waals surface area contributed by atoms with Gasteiger partial charge in [-0.1, -0.05) is 5.16 Å². The largest absolute Gasteiger partial charge is 0.465 e. The molecule has 0 bridgehead atoms. The second kappa shape index (κ2) is 2.76. The summed E-state index contributed by atoms with van der Waals surface area (Å²) in [6.45, 7) is 1.81. The molecule has 13 heavy (non-hydrogen) atoms. The van der Waals surface area contributed by atoms with Crippen molar-refractivity contribution in [3.05, 3.63) is 11.3 Å². The van der Waals surface area contributed by atoms with Crippen LogP contribution < -0.4 is 5.32 Å². The molecule has 1 amide bonds. The molecule has 1 fully saturated rings. The van der Waals surface area contributed by atoms with E-state index in [2.05, 4.69) is 10.5 Å². The molecule has 1 aromatic rings. The minimum absolute atomic E-state index is 0.314. The van der Waals surface area contributed by atoms with Crippen molar-refractivity contribution in [3.63, 3.8) is 0 Å². The molecule has 0 aromatic carbocycles. The van der Waals surface area contributed by atoms with E-state index in [9.17, 15) is 4.79 Å². The lowest BCUT2D eigenvalue weighted by Crippen LogP contribution is -2.08. The predicted octanol–water partition coefficient (Wildman–Crippen LogP) is 1.95. The monoisotopic (exact) mass is 182 g/mol. The number of anilines is 1. The zero-order chi connectivity index (χ0) is 9.42. The molecule has 0 saturated heterocycles. The average Bonchev–Trinajstić information content (AvgIpc) is 2.81. The summed E-state index contributed by atoms with van der Waals surface area (Å²) in [4.78, 5) is 10.3. The molecule has 2 N–H and O–H groups in total. The summed E-state index contributed by atoms with van der Waals surface area (Å²) in [6.07, 6.45) is 1.12. The van der Waals surface area contributed by atoms with Crippen molar-refractivity contribution in [1.82, 2.24) is 5.16 Å². The van der Waals surface area contributed by atoms with Gasteiger partial charge in [0.05, 0.1) is 0 Å². The van der Waals surface area contributed by atoms with Crippen molar-refractivity contribution in [2.24, 2.45) is 0 Å². The van der Waals surface area contributed by atoms with Crippen LogP contribution in [-0.4, -0.2) is 16.4 Å². The number of nitrogens with one attached hydrogen (secondary N) is 1. The van der Waals surface area contributed by atoms with Crippen LogP contribution in [0, 0.1) is 6.92 Å². The summed E-state index contributed by atoms with van der Waals surface area (Å²) in [6, 6.07) is 0. The zero-order valence-electron chi connectivity index (χ0n) is 7.20. The van der Waals surface area contributed by atoms with Gasteiger partial charge in [-0.05, 0) is 19.8 Å². The van der Waals surface area contributed by atoms with Crippen molar-refractivity contribution in [2.45, 2.75) is 25.7 Å². The van der Waals surface area contributed by atoms with Gasteiger partial charge in [-0.15, -0.1) is 0 Å². The Balaban J connectivity index is 2.22. The number of rotatable bonds is 2. The lowest BCUT2D eigenvalue weighted by Gasteiger charge is -1.94. The van der Waals surface area contributed by atoms with Gasteiger partial charge in [-0.25, -0.2) is 4.79 Å². The van der Waals surface area contributed by atoms with E-state index < -0.39 is 6.09 Å². The first kappa shape index (κ1) is 8.10. The van der Waals surface area contributed by atoms with Crippen LogP contribution in [0.4, 0.5) is 10.6 Å². The number of nitrogens with zero attached hydrogens (tertiary/aromatic N) is 1. The van der Waals surface area contributed by atoms with Crippen molar-refractivity contribution in [1.29, 1.82) is 0 Å². The van der Waals surface area contributed by atoms with E-state index in [0.717, 1.165) is 24.2 Å². The first-order valence-electron chi connectivity index (χ1n) is 4.14. The first-order valence-corrected chi connectivity index (χ1v) is 4.14. The van der Waals surface area contributed by atoms with Crippen LogP contribution in [0.3, 0.4) is 0 Å². The van der Waals surface area contributed by atoms with Gasteiger partial charge in [0.25, 0.3) is 0 Å². The minimum atomic E-state index is -1.11. The zero-order valence-corrected chi connectivity index (χ0v) is 7.20. The summed E-state index contributed by atoms with van der Waals surface area (Å²) in [5, 5.41) is 14.3. The topological polar surface area (TPSA) is 75.4 Å². The minimum Gasteiger partial charge on any atom is -0.465 e. The maximum Gasteiger partial charge on any atom is 0.410 e. The number of carboxylic acid groups (broad SMARTS) is 1. The van der Waals surface area contributed by atoms with Gasteiger partial charge in [0, 0.05) is 11.5 Å². The van der Waals surface area contributed by atoms with Crippen LogP contribution in [0.2, 0.25) is 0 Å². The van der Waals surface area contributed by atoms with Gasteiger partial charge in [0.15, 0.2) is 5.82 Å². The second-order valence-electron chi connectivity index (χ2n) is 3.22. The smallest absolute Gasteiger partial charge is 0.410 e. The highest BCUT2D eigenvalue weighted by atomic mass is 16.5. The lowest BCUT2D eigenvalue weighted by atomic mass is 10.2. The third kappa shape index (κ3) is 1.49. The number of carbonyl (C=O) groups is 1. The Labute approximate surface area is 74.7 Å². The van der Waals surface area contributed by atoms with Crippen molar-refractivity contribution in [3.8, 4) is 0 Å². The highest BCUT2D eigenvalue weighted by Crippen LogP contribution is 2.42. The molecule has 1 saturated carbocycles. The van der Waals surface area contributed by atoms with Crippen LogP contribution >= 0.6 is 0 Å². The molecule has 5 heteroatoms. The predicted molar refractivity (Wildman–Crippen MR) is 44.9 cm³/mol. The third-order valence-corrected chi connectivity index (χ3v) is 2.13. The molecule has 70 valence electrons. The third-order valence-electron chi connectivity index (χ3n) is 2.13. The molecule has 0 unspecified atom stereocenters. The van der Waals surface area contributed by atoms with Gasteiger partial charge < -0.3 is 9.63 Å². The second-order valence-corrected chi connectivity index (χ2v) is 3.22. The summed E-state index contributed by atoms with van der Waals surface area (Å²) >= 11 is 0. The van der Waals surface area contributed by atoms with E-state index in [1.165, 1.54) is 0 Å². The Morgan fingerprint density at radius 3 is 2.92 bits per heavy atom. The molecule has 1 aliphatic carbocycles. The van der Waals surface area contributed by atoms with Gasteiger partial charge in [0.2, 0.25) is 0 Å². The Morgan fingerprint density at radius 1 is 1.69 bits per heavy atom. The first-order chi connectivity index (χ1) is 6.18. The molecular weight excluding hydrogens is 172 g/mol. The van der Waals surface area contributed by atoms with E-state index in [1.807, 2.05) is 6.92 Å². The molecule has 5 nitrogen and oxygen atoms in total. The summed E-state index contributed by atoms with van der Waals surface area (Å²) in [5.41, 5.74) is 0.810. The molecule has 0 aliphatic heterocycles. The van der Waals surface area contributed by atoms with Crippen molar-refractivity contribution >= 4 is 11.9 Å². The summed E-state index contributed by atoms with van der Waals surface area (Å²) in [5.74, 6) is 1.59. The van der Waals surface area contributed by atoms with E-state index in [0.29, 0.717) is 11.7 Å². The fourth-order valence-corrected chi connectivity index (χ4v) is 1.29. The Morgan fingerprint density at radius 2 is 2.38 bits per heavy atom. The van der Waals surface area contributed by atoms with Crippen LogP contribution in [0.25, 0.3) is 0 Å². The number of hydrogen-bond acceptors (Lipinski definition) is 3. The normalized spacial score (nSPS) is 15.8. The molecule has 2 rings (SSSR count). The number of hydrogen-bond donors (Lipinski definition) is 2. The summed E-state index contributed by atoms with van der Waals surface area (Å²) < 4.78 is 5.04. The van der Waals surface area contributed by atoms with E-state index >= 15 is 0 Å². The Bertz CT molecular complexity index is 341. The number of aromatic nitrogens is 1. The van der Waals surface area contributed by atoms with E-state index in [4.69, 9.17) is 9.63 Å². The van der Waals surface area contributed by atoms with Crippen molar-refractivity contribution in [2.75, 3.05) is 5.32 Å². The molecule has 0 atom stereocenters. The standard InChI is InChI=1S/C8H10N2O3/c1-4-6(5-2-3-5)13-10-7(4)9-8(11)12/h5H,2-3H2,1H3,(H,9,10)(H,11,12). The number of amides is 1. The molecule has 1 aromatic heterocycles. The van der Waals surface area contributed by atoms with E-state index in [1.54, 1.807) is 0 Å². The van der Waals surface area contributed by atoms with Gasteiger partial charge in [-0.2, -0.15) is 0 Å². The fourth-order valence-electron chi connectivity index (χ4n) is 1.29. The highest BCUT2D eigenvalue weighted by Gasteiger charge is 2.30. The van der Waals surface area contributed by atoms with Gasteiger partial charge in [-0.3, -0.25) is 5.32 Å². The van der Waals surface area contributed by atoms with Gasteiger partial charge >= 0.3 is 6.09 Å². The molecular formula is C8H10N2O3. The Kier molecular flexibility index (Phi) is 1.72. The SMILES string of the molecule is Cc1c(NC(=O)O)noc1C1CC1. The quantitative estimate of drug-likeness (QED) is 0.732. The van der Waals surface area contributed by atoms with Crippen LogP contribution in [-0.2, 0) is 0 Å². The maximum absolute atomic E-state index is 10.3. The van der Waals surface area contributed by atoms with E-state index in [-0.39, 0.29) is 0 Å². The fraction of sp³-hybridized carbons (Fsp3) is 0.500. The van der Waals surface area contributed by atoms with Gasteiger partial charge in [0.1, 0.15) is 5.76 Å². The molecule has 0 spiro atoms. The van der Waals surface area contributed by atoms with Crippen molar-refractivity contribution < 1.29 is 14.4 Å². The maximum atomic E-state index is 10.3. The molecule has 0 radical (unpaired) electrons. The van der Waals surface area contributed by atoms with Crippen LogP contribution in [0.15, 0.2) is 4.52 Å². The average molecular weight is 182 g/mol. The van der Waals surface area contributed by atoms with Crippen LogP contribution in [0.1, 0.15) is 30.1 Å². The Hall–Kier alpha value is -1.52. The highest BCUT2D eigenvalue weighted by molar-refractivity contribution is 5.82. The molecule has 1 aliphatic rings. The summed E-state index contributed by atoms with van der Waals surface area (Å²) in [7, 11) is 0. The molecule has 1 heterocycles. The van der Waals surface area contributed by atoms with Crippen LogP contribution in [0.5, 0.6) is 0 Å².